The van der Waals surface area contributed by atoms with Gasteiger partial charge in [-0.3, -0.25) is 4.79 Å². The van der Waals surface area contributed by atoms with Crippen LogP contribution in [0.5, 0.6) is 0 Å². The van der Waals surface area contributed by atoms with Crippen molar-refractivity contribution in [3.8, 4) is 0 Å². The van der Waals surface area contributed by atoms with Crippen LogP contribution < -0.4 is 10.9 Å². The van der Waals surface area contributed by atoms with Crippen LogP contribution in [0.15, 0.2) is 39.5 Å². The molecule has 150 valence electrons. The Morgan fingerprint density at radius 1 is 1.31 bits per heavy atom. The highest BCUT2D eigenvalue weighted by Gasteiger charge is 2.29. The molecule has 2 heterocycles. The van der Waals surface area contributed by atoms with Crippen LogP contribution in [0, 0.1) is 5.92 Å². The van der Waals surface area contributed by atoms with Gasteiger partial charge in [0, 0.05) is 10.3 Å². The van der Waals surface area contributed by atoms with Crippen LogP contribution in [0.4, 0.5) is 5.00 Å². The first kappa shape index (κ1) is 19.4. The number of thiophene rings is 1. The Kier molecular flexibility index (Phi) is 5.24. The zero-order chi connectivity index (χ0) is 20.5. The number of hydrogen-bond donors (Lipinski definition) is 1. The van der Waals surface area contributed by atoms with Crippen LogP contribution in [0.2, 0.25) is 0 Å². The van der Waals surface area contributed by atoms with Crippen molar-refractivity contribution in [2.24, 2.45) is 5.92 Å². The maximum atomic E-state index is 12.9. The van der Waals surface area contributed by atoms with E-state index in [1.54, 1.807) is 31.2 Å². The van der Waals surface area contributed by atoms with Crippen LogP contribution in [0.1, 0.15) is 51.4 Å². The topological polar surface area (TPSA) is 85.6 Å². The first-order valence-corrected chi connectivity index (χ1v) is 10.5. The fraction of sp³-hybridized carbons (Fsp3) is 0.318. The van der Waals surface area contributed by atoms with Gasteiger partial charge in [0.05, 0.1) is 12.2 Å². The Morgan fingerprint density at radius 3 is 2.90 bits per heavy atom. The van der Waals surface area contributed by atoms with E-state index in [1.165, 1.54) is 17.4 Å². The maximum Gasteiger partial charge on any atom is 0.349 e. The number of fused-ring (bicyclic) bond motifs is 2. The Morgan fingerprint density at radius 2 is 2.10 bits per heavy atom. The fourth-order valence-electron chi connectivity index (χ4n) is 3.65. The van der Waals surface area contributed by atoms with Gasteiger partial charge < -0.3 is 14.5 Å². The second kappa shape index (κ2) is 7.83. The van der Waals surface area contributed by atoms with E-state index in [4.69, 9.17) is 9.15 Å². The van der Waals surface area contributed by atoms with Crippen molar-refractivity contribution >= 4 is 39.2 Å². The average Bonchev–Trinajstić information content (AvgIpc) is 3.04. The molecule has 1 aromatic carbocycles. The summed E-state index contributed by atoms with van der Waals surface area (Å²) in [5.74, 6) is -0.519. The number of hydrogen-bond acceptors (Lipinski definition) is 6. The SMILES string of the molecule is CCOC(=O)c1c(NC(=O)c2cc3ccccc3oc2=O)sc2c1CCC(C)C2. The first-order valence-electron chi connectivity index (χ1n) is 9.63. The summed E-state index contributed by atoms with van der Waals surface area (Å²) in [5, 5.41) is 3.85. The molecular weight excluding hydrogens is 390 g/mol. The zero-order valence-corrected chi connectivity index (χ0v) is 17.1. The molecule has 1 unspecified atom stereocenters. The number of nitrogens with one attached hydrogen (secondary N) is 1. The van der Waals surface area contributed by atoms with Gasteiger partial charge >= 0.3 is 11.6 Å². The minimum absolute atomic E-state index is 0.0988. The van der Waals surface area contributed by atoms with Crippen molar-refractivity contribution < 1.29 is 18.7 Å². The van der Waals surface area contributed by atoms with Crippen LogP contribution in [0.25, 0.3) is 11.0 Å². The first-order chi connectivity index (χ1) is 14.0. The molecule has 0 fully saturated rings. The van der Waals surface area contributed by atoms with Crippen molar-refractivity contribution in [3.63, 3.8) is 0 Å². The third kappa shape index (κ3) is 3.70. The van der Waals surface area contributed by atoms with E-state index in [0.29, 0.717) is 27.5 Å². The van der Waals surface area contributed by atoms with Gasteiger partial charge in [0.1, 0.15) is 16.1 Å². The summed E-state index contributed by atoms with van der Waals surface area (Å²) in [7, 11) is 0. The van der Waals surface area contributed by atoms with Crippen molar-refractivity contribution in [2.45, 2.75) is 33.1 Å². The molecule has 1 N–H and O–H groups in total. The van der Waals surface area contributed by atoms with E-state index in [9.17, 15) is 14.4 Å². The molecule has 0 aliphatic heterocycles. The minimum atomic E-state index is -0.714. The average molecular weight is 411 g/mol. The number of benzene rings is 1. The molecule has 0 bridgehead atoms. The second-order valence-corrected chi connectivity index (χ2v) is 8.32. The number of amides is 1. The molecule has 2 aromatic heterocycles. The van der Waals surface area contributed by atoms with Crippen LogP contribution in [-0.2, 0) is 17.6 Å². The predicted octanol–water partition coefficient (Wildman–Crippen LogP) is 4.41. The predicted molar refractivity (Wildman–Crippen MR) is 112 cm³/mol. The monoisotopic (exact) mass is 411 g/mol. The second-order valence-electron chi connectivity index (χ2n) is 7.22. The van der Waals surface area contributed by atoms with E-state index in [-0.39, 0.29) is 12.2 Å². The molecule has 6 nitrogen and oxygen atoms in total. The molecule has 1 atom stereocenters. The van der Waals surface area contributed by atoms with E-state index < -0.39 is 17.5 Å². The molecule has 3 aromatic rings. The molecule has 1 aliphatic carbocycles. The summed E-state index contributed by atoms with van der Waals surface area (Å²) >= 11 is 1.39. The number of para-hydroxylation sites is 1. The summed E-state index contributed by atoms with van der Waals surface area (Å²) in [4.78, 5) is 38.9. The van der Waals surface area contributed by atoms with Crippen molar-refractivity contribution in [1.82, 2.24) is 0 Å². The molecule has 0 saturated carbocycles. The molecule has 7 heteroatoms. The lowest BCUT2D eigenvalue weighted by molar-refractivity contribution is 0.0526. The van der Waals surface area contributed by atoms with Gasteiger partial charge in [-0.1, -0.05) is 25.1 Å². The van der Waals surface area contributed by atoms with E-state index in [1.807, 2.05) is 0 Å². The largest absolute Gasteiger partial charge is 0.462 e. The normalized spacial score (nSPS) is 15.7. The highest BCUT2D eigenvalue weighted by Crippen LogP contribution is 2.40. The number of esters is 1. The molecule has 29 heavy (non-hydrogen) atoms. The van der Waals surface area contributed by atoms with Crippen molar-refractivity contribution in [1.29, 1.82) is 0 Å². The summed E-state index contributed by atoms with van der Waals surface area (Å²) < 4.78 is 10.5. The van der Waals surface area contributed by atoms with Gasteiger partial charge in [-0.25, -0.2) is 9.59 Å². The lowest BCUT2D eigenvalue weighted by Gasteiger charge is -2.18. The third-order valence-corrected chi connectivity index (χ3v) is 6.27. The Bertz CT molecular complexity index is 1160. The van der Waals surface area contributed by atoms with Crippen molar-refractivity contribution in [2.75, 3.05) is 11.9 Å². The number of rotatable bonds is 4. The molecule has 4 rings (SSSR count). The molecule has 0 radical (unpaired) electrons. The lowest BCUT2D eigenvalue weighted by atomic mass is 9.88. The van der Waals surface area contributed by atoms with Crippen LogP contribution >= 0.6 is 11.3 Å². The smallest absolute Gasteiger partial charge is 0.349 e. The van der Waals surface area contributed by atoms with E-state index >= 15 is 0 Å². The number of ether oxygens (including phenoxy) is 1. The Hall–Kier alpha value is -2.93. The molecule has 1 amide bonds. The van der Waals surface area contributed by atoms with Crippen LogP contribution in [0.3, 0.4) is 0 Å². The molecule has 0 saturated heterocycles. The summed E-state index contributed by atoms with van der Waals surface area (Å²) in [6.45, 7) is 4.17. The maximum absolute atomic E-state index is 12.9. The summed E-state index contributed by atoms with van der Waals surface area (Å²) in [6.07, 6.45) is 2.62. The van der Waals surface area contributed by atoms with Gasteiger partial charge in [0.15, 0.2) is 0 Å². The van der Waals surface area contributed by atoms with E-state index in [0.717, 1.165) is 29.7 Å². The van der Waals surface area contributed by atoms with Crippen LogP contribution in [-0.4, -0.2) is 18.5 Å². The lowest BCUT2D eigenvalue weighted by Crippen LogP contribution is -2.21. The quantitative estimate of drug-likeness (QED) is 0.508. The fourth-order valence-corrected chi connectivity index (χ4v) is 5.04. The number of anilines is 1. The zero-order valence-electron chi connectivity index (χ0n) is 16.2. The highest BCUT2D eigenvalue weighted by atomic mass is 32.1. The van der Waals surface area contributed by atoms with Gasteiger partial charge in [-0.15, -0.1) is 11.3 Å². The summed E-state index contributed by atoms with van der Waals surface area (Å²) in [5.41, 5.74) is 0.971. The van der Waals surface area contributed by atoms with Gasteiger partial charge in [-0.2, -0.15) is 0 Å². The van der Waals surface area contributed by atoms with E-state index in [2.05, 4.69) is 12.2 Å². The molecule has 1 aliphatic rings. The molecule has 0 spiro atoms. The number of carbonyl (C=O) groups is 2. The third-order valence-electron chi connectivity index (χ3n) is 5.10. The Balaban J connectivity index is 1.72. The van der Waals surface area contributed by atoms with Gasteiger partial charge in [-0.05, 0) is 49.8 Å². The summed E-state index contributed by atoms with van der Waals surface area (Å²) in [6, 6.07) is 8.51. The molecular formula is C22H21NO5S. The van der Waals surface area contributed by atoms with Crippen molar-refractivity contribution in [3.05, 3.63) is 62.3 Å². The standard InChI is InChI=1S/C22H21NO5S/c1-3-27-22(26)18-14-9-8-12(2)10-17(14)29-20(18)23-19(24)15-11-13-6-4-5-7-16(13)28-21(15)25/h4-7,11-12H,3,8-10H2,1-2H3,(H,23,24). The number of carbonyl (C=O) groups excluding carboxylic acids is 2. The minimum Gasteiger partial charge on any atom is -0.462 e. The highest BCUT2D eigenvalue weighted by molar-refractivity contribution is 7.17. The Labute approximate surface area is 171 Å². The van der Waals surface area contributed by atoms with Gasteiger partial charge in [0.25, 0.3) is 5.91 Å². The van der Waals surface area contributed by atoms with Gasteiger partial charge in [0.2, 0.25) is 0 Å².